The van der Waals surface area contributed by atoms with Crippen molar-refractivity contribution in [2.75, 3.05) is 12.8 Å². The number of nitrogens with one attached hydrogen (secondary N) is 1. The molecular formula is C13H19N5O3. The molecule has 1 aromatic rings. The predicted molar refractivity (Wildman–Crippen MR) is 75.1 cm³/mol. The van der Waals surface area contributed by atoms with Crippen LogP contribution < -0.4 is 11.1 Å². The molecule has 0 aliphatic carbocycles. The second-order valence-corrected chi connectivity index (χ2v) is 5.19. The molecule has 0 aromatic carbocycles. The number of carbonyl (C=O) groups excluding carboxylic acids is 3. The molecule has 1 atom stereocenters. The molecular weight excluding hydrogens is 274 g/mol. The maximum Gasteiger partial charge on any atom is 0.251 e. The summed E-state index contributed by atoms with van der Waals surface area (Å²) in [4.78, 5) is 36.3. The molecule has 3 N–H and O–H groups in total. The summed E-state index contributed by atoms with van der Waals surface area (Å²) in [5.41, 5.74) is 7.74. The van der Waals surface area contributed by atoms with Gasteiger partial charge in [0.15, 0.2) is 0 Å². The second-order valence-electron chi connectivity index (χ2n) is 5.19. The Morgan fingerprint density at radius 2 is 2.10 bits per heavy atom. The monoisotopic (exact) mass is 293 g/mol. The van der Waals surface area contributed by atoms with Gasteiger partial charge >= 0.3 is 0 Å². The molecule has 1 saturated heterocycles. The van der Waals surface area contributed by atoms with E-state index in [0.717, 1.165) is 4.90 Å². The Kier molecular flexibility index (Phi) is 3.97. The van der Waals surface area contributed by atoms with Gasteiger partial charge in [0, 0.05) is 13.5 Å². The van der Waals surface area contributed by atoms with Crippen molar-refractivity contribution in [3.63, 3.8) is 0 Å². The Morgan fingerprint density at radius 1 is 1.43 bits per heavy atom. The van der Waals surface area contributed by atoms with Crippen molar-refractivity contribution in [1.82, 2.24) is 20.0 Å². The highest BCUT2D eigenvalue weighted by molar-refractivity contribution is 6.01. The molecule has 114 valence electrons. The number of anilines is 1. The summed E-state index contributed by atoms with van der Waals surface area (Å²) in [6, 6.07) is -0.658. The number of hydrogen-bond donors (Lipinski definition) is 2. The van der Waals surface area contributed by atoms with E-state index < -0.39 is 6.04 Å². The van der Waals surface area contributed by atoms with E-state index in [1.807, 2.05) is 0 Å². The van der Waals surface area contributed by atoms with Crippen LogP contribution in [-0.2, 0) is 20.9 Å². The number of nitrogens with zero attached hydrogens (tertiary/aromatic N) is 3. The third kappa shape index (κ3) is 2.88. The summed E-state index contributed by atoms with van der Waals surface area (Å²) in [5, 5.41) is 6.81. The van der Waals surface area contributed by atoms with Crippen LogP contribution in [0.5, 0.6) is 0 Å². The number of hydrogen-bond acceptors (Lipinski definition) is 5. The van der Waals surface area contributed by atoms with Crippen LogP contribution in [0.4, 0.5) is 5.69 Å². The number of likely N-dealkylation sites (tertiary alicyclic amines) is 1. The zero-order chi connectivity index (χ0) is 15.7. The number of amides is 3. The summed E-state index contributed by atoms with van der Waals surface area (Å²) in [7, 11) is 1.42. The molecule has 0 radical (unpaired) electrons. The lowest BCUT2D eigenvalue weighted by Crippen LogP contribution is -2.53. The molecule has 1 unspecified atom stereocenters. The highest BCUT2D eigenvalue weighted by atomic mass is 16.2. The second kappa shape index (κ2) is 5.55. The lowest BCUT2D eigenvalue weighted by Gasteiger charge is -2.28. The molecule has 1 aliphatic rings. The van der Waals surface area contributed by atoms with Gasteiger partial charge in [-0.3, -0.25) is 24.0 Å². The molecule has 21 heavy (non-hydrogen) atoms. The highest BCUT2D eigenvalue weighted by Crippen LogP contribution is 2.15. The standard InChI is InChI=1S/C13H19N5O3/c1-7-12(14)8(2)18(16-7)6-10(19)15-9-4-5-11(20)17(3)13(9)21/h9H,4-6,14H2,1-3H3,(H,15,19). The molecule has 0 spiro atoms. The van der Waals surface area contributed by atoms with Crippen molar-refractivity contribution in [1.29, 1.82) is 0 Å². The predicted octanol–water partition coefficient (Wildman–Crippen LogP) is -0.654. The Hall–Kier alpha value is -2.38. The van der Waals surface area contributed by atoms with Crippen molar-refractivity contribution in [2.45, 2.75) is 39.3 Å². The molecule has 1 aromatic heterocycles. The minimum Gasteiger partial charge on any atom is -0.396 e. The first-order valence-electron chi connectivity index (χ1n) is 6.70. The molecule has 1 fully saturated rings. The SMILES string of the molecule is Cc1nn(CC(=O)NC2CCC(=O)N(C)C2=O)c(C)c1N. The number of imide groups is 1. The number of aromatic nitrogens is 2. The highest BCUT2D eigenvalue weighted by Gasteiger charge is 2.32. The maximum absolute atomic E-state index is 12.0. The molecule has 0 saturated carbocycles. The van der Waals surface area contributed by atoms with Gasteiger partial charge in [-0.1, -0.05) is 0 Å². The summed E-state index contributed by atoms with van der Waals surface area (Å²) in [6.07, 6.45) is 0.576. The van der Waals surface area contributed by atoms with Crippen LogP contribution in [-0.4, -0.2) is 45.5 Å². The summed E-state index contributed by atoms with van der Waals surface area (Å²) in [5.74, 6) is -0.939. The zero-order valence-corrected chi connectivity index (χ0v) is 12.3. The average Bonchev–Trinajstić information content (AvgIpc) is 2.67. The van der Waals surface area contributed by atoms with E-state index in [-0.39, 0.29) is 30.7 Å². The Bertz CT molecular complexity index is 607. The van der Waals surface area contributed by atoms with Gasteiger partial charge in [-0.15, -0.1) is 0 Å². The molecule has 0 bridgehead atoms. The molecule has 8 nitrogen and oxygen atoms in total. The van der Waals surface area contributed by atoms with Gasteiger partial charge in [0.25, 0.3) is 5.91 Å². The lowest BCUT2D eigenvalue weighted by molar-refractivity contribution is -0.149. The van der Waals surface area contributed by atoms with Gasteiger partial charge in [0.2, 0.25) is 11.8 Å². The van der Waals surface area contributed by atoms with E-state index in [0.29, 0.717) is 23.5 Å². The van der Waals surface area contributed by atoms with E-state index in [4.69, 9.17) is 5.73 Å². The number of rotatable bonds is 3. The number of nitrogen functional groups attached to an aromatic ring is 1. The fourth-order valence-corrected chi connectivity index (χ4v) is 2.29. The van der Waals surface area contributed by atoms with Gasteiger partial charge in [0.05, 0.1) is 17.1 Å². The quantitative estimate of drug-likeness (QED) is 0.719. The number of aryl methyl sites for hydroxylation is 1. The number of carbonyl (C=O) groups is 3. The van der Waals surface area contributed by atoms with Gasteiger partial charge in [-0.25, -0.2) is 0 Å². The van der Waals surface area contributed by atoms with Crippen LogP contribution in [0.15, 0.2) is 0 Å². The van der Waals surface area contributed by atoms with Crippen LogP contribution in [0.2, 0.25) is 0 Å². The van der Waals surface area contributed by atoms with Crippen LogP contribution >= 0.6 is 0 Å². The first-order valence-corrected chi connectivity index (χ1v) is 6.70. The van der Waals surface area contributed by atoms with E-state index in [2.05, 4.69) is 10.4 Å². The third-order valence-corrected chi connectivity index (χ3v) is 3.72. The van der Waals surface area contributed by atoms with Crippen LogP contribution in [0, 0.1) is 13.8 Å². The van der Waals surface area contributed by atoms with Crippen LogP contribution in [0.1, 0.15) is 24.2 Å². The summed E-state index contributed by atoms with van der Waals surface area (Å²) in [6.45, 7) is 3.54. The normalized spacial score (nSPS) is 19.0. The van der Waals surface area contributed by atoms with Crippen LogP contribution in [0.3, 0.4) is 0 Å². The fourth-order valence-electron chi connectivity index (χ4n) is 2.29. The van der Waals surface area contributed by atoms with Gasteiger partial charge < -0.3 is 11.1 Å². The summed E-state index contributed by atoms with van der Waals surface area (Å²) < 4.78 is 1.50. The fraction of sp³-hybridized carbons (Fsp3) is 0.538. The van der Waals surface area contributed by atoms with E-state index in [1.54, 1.807) is 13.8 Å². The van der Waals surface area contributed by atoms with Crippen molar-refractivity contribution in [3.05, 3.63) is 11.4 Å². The van der Waals surface area contributed by atoms with Crippen molar-refractivity contribution in [3.8, 4) is 0 Å². The van der Waals surface area contributed by atoms with Crippen molar-refractivity contribution < 1.29 is 14.4 Å². The Morgan fingerprint density at radius 3 is 2.67 bits per heavy atom. The minimum atomic E-state index is -0.658. The summed E-state index contributed by atoms with van der Waals surface area (Å²) >= 11 is 0. The molecule has 8 heteroatoms. The third-order valence-electron chi connectivity index (χ3n) is 3.72. The minimum absolute atomic E-state index is 0.00862. The topological polar surface area (TPSA) is 110 Å². The van der Waals surface area contributed by atoms with Crippen molar-refractivity contribution in [2.24, 2.45) is 0 Å². The van der Waals surface area contributed by atoms with E-state index in [1.165, 1.54) is 11.7 Å². The smallest absolute Gasteiger partial charge is 0.251 e. The zero-order valence-electron chi connectivity index (χ0n) is 12.3. The Labute approximate surface area is 122 Å². The molecule has 1 aliphatic heterocycles. The number of piperidine rings is 1. The van der Waals surface area contributed by atoms with Gasteiger partial charge in [-0.05, 0) is 20.3 Å². The lowest BCUT2D eigenvalue weighted by atomic mass is 10.0. The van der Waals surface area contributed by atoms with E-state index in [9.17, 15) is 14.4 Å². The number of likely N-dealkylation sites (N-methyl/N-ethyl adjacent to an activating group) is 1. The van der Waals surface area contributed by atoms with Crippen molar-refractivity contribution >= 4 is 23.4 Å². The van der Waals surface area contributed by atoms with E-state index >= 15 is 0 Å². The van der Waals surface area contributed by atoms with Gasteiger partial charge in [0.1, 0.15) is 12.6 Å². The molecule has 2 rings (SSSR count). The first kappa shape index (κ1) is 15.0. The maximum atomic E-state index is 12.0. The van der Waals surface area contributed by atoms with Crippen LogP contribution in [0.25, 0.3) is 0 Å². The molecule has 3 amide bonds. The largest absolute Gasteiger partial charge is 0.396 e. The average molecular weight is 293 g/mol. The molecule has 2 heterocycles. The first-order chi connectivity index (χ1) is 9.81. The Balaban J connectivity index is 2.00. The number of nitrogens with two attached hydrogens (primary N) is 1. The van der Waals surface area contributed by atoms with Gasteiger partial charge in [-0.2, -0.15) is 5.10 Å².